The van der Waals surface area contributed by atoms with Gasteiger partial charge in [-0.3, -0.25) is 4.79 Å². The van der Waals surface area contributed by atoms with Crippen molar-refractivity contribution < 1.29 is 14.3 Å². The van der Waals surface area contributed by atoms with E-state index < -0.39 is 0 Å². The van der Waals surface area contributed by atoms with Gasteiger partial charge in [0.2, 0.25) is 0 Å². The van der Waals surface area contributed by atoms with Gasteiger partial charge in [0, 0.05) is 54.3 Å². The number of carbonyl (C=O) groups is 1. The van der Waals surface area contributed by atoms with E-state index in [0.717, 1.165) is 21.6 Å². The predicted octanol–water partition coefficient (Wildman–Crippen LogP) is 4.27. The van der Waals surface area contributed by atoms with Gasteiger partial charge in [0.15, 0.2) is 0 Å². The van der Waals surface area contributed by atoms with Crippen molar-refractivity contribution in [1.82, 2.24) is 14.5 Å². The minimum atomic E-state index is -0.222. The maximum atomic E-state index is 12.9. The zero-order valence-corrected chi connectivity index (χ0v) is 17.3. The van der Waals surface area contributed by atoms with Crippen LogP contribution in [0.25, 0.3) is 21.6 Å². The summed E-state index contributed by atoms with van der Waals surface area (Å²) in [7, 11) is 5.08. The maximum Gasteiger partial charge on any atom is 0.267 e. The normalized spacial score (nSPS) is 10.9. The predicted molar refractivity (Wildman–Crippen MR) is 114 cm³/mol. The van der Waals surface area contributed by atoms with Gasteiger partial charge in [-0.15, -0.1) is 11.3 Å². The van der Waals surface area contributed by atoms with Gasteiger partial charge in [0.05, 0.1) is 19.9 Å². The lowest BCUT2D eigenvalue weighted by atomic mass is 10.2. The molecule has 0 saturated carbocycles. The van der Waals surface area contributed by atoms with Gasteiger partial charge in [0.25, 0.3) is 5.91 Å². The lowest BCUT2D eigenvalue weighted by Crippen LogP contribution is -2.11. The Labute approximate surface area is 171 Å². The van der Waals surface area contributed by atoms with Crippen LogP contribution < -0.4 is 14.8 Å². The van der Waals surface area contributed by atoms with Crippen LogP contribution in [0.2, 0.25) is 0 Å². The number of methoxy groups -OCH3 is 2. The molecule has 3 heterocycles. The van der Waals surface area contributed by atoms with Crippen molar-refractivity contribution in [3.05, 3.63) is 53.3 Å². The molecule has 0 unspecified atom stereocenters. The number of aryl methyl sites for hydroxylation is 2. The fraction of sp³-hybridized carbons (Fsp3) is 0.190. The Hall–Kier alpha value is -3.39. The number of nitrogens with zero attached hydrogens (tertiary/aromatic N) is 3. The number of pyridine rings is 1. The first-order valence-electron chi connectivity index (χ1n) is 8.92. The van der Waals surface area contributed by atoms with E-state index in [4.69, 9.17) is 9.47 Å². The molecule has 148 valence electrons. The van der Waals surface area contributed by atoms with Crippen molar-refractivity contribution in [2.24, 2.45) is 7.05 Å². The number of ether oxygens (including phenoxy) is 2. The molecule has 29 heavy (non-hydrogen) atoms. The number of hydrogen-bond acceptors (Lipinski definition) is 6. The summed E-state index contributed by atoms with van der Waals surface area (Å²) in [5.41, 5.74) is 3.11. The number of carbonyl (C=O) groups excluding carboxylic acids is 1. The van der Waals surface area contributed by atoms with Crippen molar-refractivity contribution in [1.29, 1.82) is 0 Å². The molecule has 0 aliphatic heterocycles. The van der Waals surface area contributed by atoms with E-state index in [1.165, 1.54) is 11.3 Å². The lowest BCUT2D eigenvalue weighted by molar-refractivity contribution is 0.103. The highest BCUT2D eigenvalue weighted by molar-refractivity contribution is 7.17. The summed E-state index contributed by atoms with van der Waals surface area (Å²) in [6.45, 7) is 1.84. The average molecular weight is 408 g/mol. The fourth-order valence-corrected chi connectivity index (χ4v) is 4.16. The van der Waals surface area contributed by atoms with Gasteiger partial charge in [-0.2, -0.15) is 0 Å². The number of rotatable bonds is 5. The Balaban J connectivity index is 1.67. The monoisotopic (exact) mass is 408 g/mol. The van der Waals surface area contributed by atoms with E-state index in [9.17, 15) is 4.79 Å². The zero-order valence-electron chi connectivity index (χ0n) is 16.5. The molecule has 4 aromatic rings. The Morgan fingerprint density at radius 1 is 1.17 bits per heavy atom. The molecule has 0 aliphatic rings. The SMILES string of the molecule is COc1cc(NC(=O)c2sc(-c3cn(C)c4ncccc34)nc2C)cc(OC)c1. The summed E-state index contributed by atoms with van der Waals surface area (Å²) in [6.07, 6.45) is 3.76. The van der Waals surface area contributed by atoms with Crippen LogP contribution in [0.15, 0.2) is 42.7 Å². The summed E-state index contributed by atoms with van der Waals surface area (Å²) < 4.78 is 12.5. The molecule has 0 atom stereocenters. The van der Waals surface area contributed by atoms with Crippen LogP contribution >= 0.6 is 11.3 Å². The minimum absolute atomic E-state index is 0.222. The third kappa shape index (κ3) is 3.54. The zero-order chi connectivity index (χ0) is 20.5. The van der Waals surface area contributed by atoms with E-state index in [1.54, 1.807) is 38.6 Å². The van der Waals surface area contributed by atoms with Crippen LogP contribution in [0.3, 0.4) is 0 Å². The van der Waals surface area contributed by atoms with Crippen LogP contribution in [-0.2, 0) is 7.05 Å². The van der Waals surface area contributed by atoms with Gasteiger partial charge >= 0.3 is 0 Å². The summed E-state index contributed by atoms with van der Waals surface area (Å²) >= 11 is 1.36. The van der Waals surface area contributed by atoms with Crippen molar-refractivity contribution in [3.63, 3.8) is 0 Å². The van der Waals surface area contributed by atoms with Crippen molar-refractivity contribution in [2.45, 2.75) is 6.92 Å². The lowest BCUT2D eigenvalue weighted by Gasteiger charge is -2.09. The van der Waals surface area contributed by atoms with Gasteiger partial charge < -0.3 is 19.4 Å². The van der Waals surface area contributed by atoms with Gasteiger partial charge in [-0.05, 0) is 19.1 Å². The van der Waals surface area contributed by atoms with Crippen LogP contribution in [0.4, 0.5) is 5.69 Å². The molecule has 0 radical (unpaired) electrons. The summed E-state index contributed by atoms with van der Waals surface area (Å²) in [5, 5.41) is 4.70. The van der Waals surface area contributed by atoms with Crippen molar-refractivity contribution in [2.75, 3.05) is 19.5 Å². The highest BCUT2D eigenvalue weighted by Crippen LogP contribution is 2.34. The molecule has 1 aromatic carbocycles. The first-order valence-corrected chi connectivity index (χ1v) is 9.74. The van der Waals surface area contributed by atoms with E-state index in [-0.39, 0.29) is 5.91 Å². The first kappa shape index (κ1) is 18.9. The van der Waals surface area contributed by atoms with Crippen molar-refractivity contribution in [3.8, 4) is 22.1 Å². The highest BCUT2D eigenvalue weighted by Gasteiger charge is 2.19. The maximum absolute atomic E-state index is 12.9. The van der Waals surface area contributed by atoms with Gasteiger partial charge in [-0.1, -0.05) is 0 Å². The summed E-state index contributed by atoms with van der Waals surface area (Å²) in [6, 6.07) is 9.15. The standard InChI is InChI=1S/C21H20N4O3S/c1-12-18(20(26)24-13-8-14(27-3)10-15(9-13)28-4)29-21(23-12)17-11-25(2)19-16(17)6-5-7-22-19/h5-11H,1-4H3,(H,24,26). The van der Waals surface area contributed by atoms with Crippen LogP contribution in [0.1, 0.15) is 15.4 Å². The third-order valence-corrected chi connectivity index (χ3v) is 5.77. The number of benzene rings is 1. The first-order chi connectivity index (χ1) is 14.0. The van der Waals surface area contributed by atoms with Crippen LogP contribution in [0, 0.1) is 6.92 Å². The van der Waals surface area contributed by atoms with Crippen molar-refractivity contribution >= 4 is 34.0 Å². The third-order valence-electron chi connectivity index (χ3n) is 4.58. The second-order valence-electron chi connectivity index (χ2n) is 6.52. The molecule has 0 spiro atoms. The number of nitrogens with one attached hydrogen (secondary N) is 1. The molecule has 0 saturated heterocycles. The molecule has 4 rings (SSSR count). The number of anilines is 1. The number of hydrogen-bond donors (Lipinski definition) is 1. The molecule has 7 nitrogen and oxygen atoms in total. The Morgan fingerprint density at radius 2 is 1.90 bits per heavy atom. The van der Waals surface area contributed by atoms with Crippen LogP contribution in [-0.4, -0.2) is 34.7 Å². The minimum Gasteiger partial charge on any atom is -0.497 e. The van der Waals surface area contributed by atoms with Crippen LogP contribution in [0.5, 0.6) is 11.5 Å². The average Bonchev–Trinajstić information content (AvgIpc) is 3.28. The molecule has 1 N–H and O–H groups in total. The Bertz CT molecular complexity index is 1190. The quantitative estimate of drug-likeness (QED) is 0.533. The fourth-order valence-electron chi connectivity index (χ4n) is 3.17. The molecule has 3 aromatic heterocycles. The molecule has 0 bridgehead atoms. The topological polar surface area (TPSA) is 78.3 Å². The van der Waals surface area contributed by atoms with E-state index >= 15 is 0 Å². The Kier molecular flexibility index (Phi) is 4.94. The van der Waals surface area contributed by atoms with Gasteiger partial charge in [-0.25, -0.2) is 9.97 Å². The highest BCUT2D eigenvalue weighted by atomic mass is 32.1. The smallest absolute Gasteiger partial charge is 0.267 e. The number of amides is 1. The molecule has 1 amide bonds. The molecule has 0 aliphatic carbocycles. The molecule has 8 heteroatoms. The van der Waals surface area contributed by atoms with Gasteiger partial charge in [0.1, 0.15) is 27.0 Å². The summed E-state index contributed by atoms with van der Waals surface area (Å²) in [4.78, 5) is 22.5. The summed E-state index contributed by atoms with van der Waals surface area (Å²) in [5.74, 6) is 0.981. The molecular weight excluding hydrogens is 388 g/mol. The molecular formula is C21H20N4O3S. The van der Waals surface area contributed by atoms with E-state index in [2.05, 4.69) is 15.3 Å². The number of aromatic nitrogens is 3. The van der Waals surface area contributed by atoms with E-state index in [0.29, 0.717) is 27.8 Å². The number of thiazole rings is 1. The molecule has 0 fully saturated rings. The largest absolute Gasteiger partial charge is 0.497 e. The second kappa shape index (κ2) is 7.56. The van der Waals surface area contributed by atoms with E-state index in [1.807, 2.05) is 36.9 Å². The number of fused-ring (bicyclic) bond motifs is 1. The second-order valence-corrected chi connectivity index (χ2v) is 7.52. The Morgan fingerprint density at radius 3 is 2.59 bits per heavy atom.